The topological polar surface area (TPSA) is 55.6 Å². The van der Waals surface area contributed by atoms with Gasteiger partial charge in [0.2, 0.25) is 5.91 Å². The SMILES string of the molecule is Cl.NC1CCCC1C(=O)N1CCC2(CCOCC2)C1. The van der Waals surface area contributed by atoms with Crippen LogP contribution in [0.3, 0.4) is 0 Å². The molecule has 3 fully saturated rings. The van der Waals surface area contributed by atoms with Crippen molar-refractivity contribution in [1.29, 1.82) is 0 Å². The van der Waals surface area contributed by atoms with Crippen LogP contribution in [-0.2, 0) is 9.53 Å². The summed E-state index contributed by atoms with van der Waals surface area (Å²) in [5.41, 5.74) is 6.41. The number of likely N-dealkylation sites (tertiary alicyclic amines) is 1. The summed E-state index contributed by atoms with van der Waals surface area (Å²) in [6.07, 6.45) is 6.52. The molecule has 5 heteroatoms. The largest absolute Gasteiger partial charge is 0.381 e. The molecular formula is C14H25ClN2O2. The zero-order chi connectivity index (χ0) is 12.6. The molecule has 3 rings (SSSR count). The second kappa shape index (κ2) is 5.98. The van der Waals surface area contributed by atoms with E-state index >= 15 is 0 Å². The second-order valence-corrected chi connectivity index (χ2v) is 6.32. The average Bonchev–Trinajstić information content (AvgIpc) is 2.97. The van der Waals surface area contributed by atoms with Crippen molar-refractivity contribution in [2.75, 3.05) is 26.3 Å². The Balaban J connectivity index is 0.00000133. The minimum Gasteiger partial charge on any atom is -0.381 e. The van der Waals surface area contributed by atoms with E-state index in [0.717, 1.165) is 64.8 Å². The summed E-state index contributed by atoms with van der Waals surface area (Å²) in [7, 11) is 0. The zero-order valence-corrected chi connectivity index (χ0v) is 12.3. The Morgan fingerprint density at radius 2 is 1.95 bits per heavy atom. The highest BCUT2D eigenvalue weighted by Crippen LogP contribution is 2.40. The van der Waals surface area contributed by atoms with Crippen molar-refractivity contribution < 1.29 is 9.53 Å². The van der Waals surface area contributed by atoms with Crippen LogP contribution in [0, 0.1) is 11.3 Å². The summed E-state index contributed by atoms with van der Waals surface area (Å²) < 4.78 is 5.45. The van der Waals surface area contributed by atoms with Crippen molar-refractivity contribution in [2.24, 2.45) is 17.1 Å². The van der Waals surface area contributed by atoms with Gasteiger partial charge < -0.3 is 15.4 Å². The van der Waals surface area contributed by atoms with Gasteiger partial charge in [0, 0.05) is 32.3 Å². The van der Waals surface area contributed by atoms with E-state index in [1.54, 1.807) is 0 Å². The van der Waals surface area contributed by atoms with Crippen LogP contribution in [0.25, 0.3) is 0 Å². The maximum atomic E-state index is 12.5. The van der Waals surface area contributed by atoms with Gasteiger partial charge in [-0.3, -0.25) is 4.79 Å². The van der Waals surface area contributed by atoms with Crippen LogP contribution in [-0.4, -0.2) is 43.2 Å². The predicted molar refractivity (Wildman–Crippen MR) is 76.2 cm³/mol. The molecule has 110 valence electrons. The van der Waals surface area contributed by atoms with E-state index in [2.05, 4.69) is 4.90 Å². The summed E-state index contributed by atoms with van der Waals surface area (Å²) in [5, 5.41) is 0. The van der Waals surface area contributed by atoms with Crippen molar-refractivity contribution in [3.8, 4) is 0 Å². The fourth-order valence-electron chi connectivity index (χ4n) is 3.87. The molecule has 1 spiro atoms. The van der Waals surface area contributed by atoms with Gasteiger partial charge in [0.1, 0.15) is 0 Å². The lowest BCUT2D eigenvalue weighted by Crippen LogP contribution is -2.42. The van der Waals surface area contributed by atoms with Crippen LogP contribution in [0.4, 0.5) is 0 Å². The Hall–Kier alpha value is -0.320. The number of carbonyl (C=O) groups excluding carboxylic acids is 1. The van der Waals surface area contributed by atoms with E-state index in [1.165, 1.54) is 0 Å². The van der Waals surface area contributed by atoms with E-state index in [1.807, 2.05) is 0 Å². The molecule has 0 aromatic carbocycles. The molecular weight excluding hydrogens is 264 g/mol. The minimum absolute atomic E-state index is 0. The third-order valence-electron chi connectivity index (χ3n) is 5.19. The lowest BCUT2D eigenvalue weighted by atomic mass is 9.80. The molecule has 1 aliphatic carbocycles. The van der Waals surface area contributed by atoms with Crippen molar-refractivity contribution in [1.82, 2.24) is 4.90 Å². The van der Waals surface area contributed by atoms with Gasteiger partial charge in [0.15, 0.2) is 0 Å². The maximum Gasteiger partial charge on any atom is 0.227 e. The van der Waals surface area contributed by atoms with Gasteiger partial charge in [0.05, 0.1) is 5.92 Å². The zero-order valence-electron chi connectivity index (χ0n) is 11.5. The molecule has 4 nitrogen and oxygen atoms in total. The Morgan fingerprint density at radius 3 is 2.58 bits per heavy atom. The monoisotopic (exact) mass is 288 g/mol. The highest BCUT2D eigenvalue weighted by molar-refractivity contribution is 5.85. The average molecular weight is 289 g/mol. The van der Waals surface area contributed by atoms with E-state index in [-0.39, 0.29) is 24.4 Å². The first-order valence-corrected chi connectivity index (χ1v) is 7.32. The van der Waals surface area contributed by atoms with Gasteiger partial charge >= 0.3 is 0 Å². The van der Waals surface area contributed by atoms with E-state index < -0.39 is 0 Å². The molecule has 19 heavy (non-hydrogen) atoms. The molecule has 0 aromatic rings. The molecule has 3 aliphatic rings. The molecule has 2 aliphatic heterocycles. The molecule has 2 unspecified atom stereocenters. The summed E-state index contributed by atoms with van der Waals surface area (Å²) >= 11 is 0. The van der Waals surface area contributed by atoms with Crippen LogP contribution in [0.15, 0.2) is 0 Å². The number of halogens is 1. The fourth-order valence-corrected chi connectivity index (χ4v) is 3.87. The standard InChI is InChI=1S/C14H24N2O2.ClH/c15-12-3-1-2-11(12)13(17)16-7-4-14(10-16)5-8-18-9-6-14;/h11-12H,1-10,15H2;1H. The first-order valence-electron chi connectivity index (χ1n) is 7.32. The van der Waals surface area contributed by atoms with Crippen molar-refractivity contribution in [3.63, 3.8) is 0 Å². The van der Waals surface area contributed by atoms with Gasteiger partial charge in [-0.2, -0.15) is 0 Å². The number of hydrogen-bond acceptors (Lipinski definition) is 3. The number of nitrogens with zero attached hydrogens (tertiary/aromatic N) is 1. The quantitative estimate of drug-likeness (QED) is 0.797. The first-order chi connectivity index (χ1) is 8.70. The highest BCUT2D eigenvalue weighted by atomic mass is 35.5. The van der Waals surface area contributed by atoms with Crippen molar-refractivity contribution in [3.05, 3.63) is 0 Å². The Bertz CT molecular complexity index is 331. The van der Waals surface area contributed by atoms with E-state index in [0.29, 0.717) is 11.3 Å². The fraction of sp³-hybridized carbons (Fsp3) is 0.929. The molecule has 2 heterocycles. The molecule has 1 saturated carbocycles. The summed E-state index contributed by atoms with van der Waals surface area (Å²) in [5.74, 6) is 0.420. The van der Waals surface area contributed by atoms with Crippen molar-refractivity contribution >= 4 is 18.3 Å². The first kappa shape index (κ1) is 15.1. The van der Waals surface area contributed by atoms with E-state index in [4.69, 9.17) is 10.5 Å². The molecule has 0 aromatic heterocycles. The van der Waals surface area contributed by atoms with Crippen molar-refractivity contribution in [2.45, 2.75) is 44.6 Å². The molecule has 1 amide bonds. The van der Waals surface area contributed by atoms with Crippen LogP contribution in [0.2, 0.25) is 0 Å². The van der Waals surface area contributed by atoms with Crippen LogP contribution in [0.5, 0.6) is 0 Å². The minimum atomic E-state index is 0. The third kappa shape index (κ3) is 2.91. The Labute approximate surface area is 121 Å². The molecule has 2 N–H and O–H groups in total. The molecule has 0 bridgehead atoms. The lowest BCUT2D eigenvalue weighted by molar-refractivity contribution is -0.135. The summed E-state index contributed by atoms with van der Waals surface area (Å²) in [6, 6.07) is 0.101. The third-order valence-corrected chi connectivity index (χ3v) is 5.19. The van der Waals surface area contributed by atoms with Gasteiger partial charge in [-0.25, -0.2) is 0 Å². The normalized spacial score (nSPS) is 33.4. The molecule has 2 saturated heterocycles. The Kier molecular flexibility index (Phi) is 4.75. The Morgan fingerprint density at radius 1 is 1.21 bits per heavy atom. The predicted octanol–water partition coefficient (Wildman–Crippen LogP) is 1.56. The van der Waals surface area contributed by atoms with Gasteiger partial charge in [-0.15, -0.1) is 12.4 Å². The van der Waals surface area contributed by atoms with Crippen LogP contribution < -0.4 is 5.73 Å². The number of carbonyl (C=O) groups is 1. The summed E-state index contributed by atoms with van der Waals surface area (Å²) in [6.45, 7) is 3.61. The number of amides is 1. The summed E-state index contributed by atoms with van der Waals surface area (Å²) in [4.78, 5) is 14.6. The second-order valence-electron chi connectivity index (χ2n) is 6.32. The number of hydrogen-bond donors (Lipinski definition) is 1. The number of ether oxygens (including phenoxy) is 1. The highest BCUT2D eigenvalue weighted by Gasteiger charge is 2.43. The number of rotatable bonds is 1. The van der Waals surface area contributed by atoms with E-state index in [9.17, 15) is 4.79 Å². The number of nitrogens with two attached hydrogens (primary N) is 1. The molecule has 0 radical (unpaired) electrons. The maximum absolute atomic E-state index is 12.5. The van der Waals surface area contributed by atoms with Gasteiger partial charge in [-0.05, 0) is 37.5 Å². The lowest BCUT2D eigenvalue weighted by Gasteiger charge is -2.33. The van der Waals surface area contributed by atoms with Crippen LogP contribution >= 0.6 is 12.4 Å². The van der Waals surface area contributed by atoms with Crippen LogP contribution in [0.1, 0.15) is 38.5 Å². The smallest absolute Gasteiger partial charge is 0.227 e. The van der Waals surface area contributed by atoms with Gasteiger partial charge in [0.25, 0.3) is 0 Å². The van der Waals surface area contributed by atoms with Gasteiger partial charge in [-0.1, -0.05) is 6.42 Å². The molecule has 2 atom stereocenters.